The highest BCUT2D eigenvalue weighted by Gasteiger charge is 2.35. The summed E-state index contributed by atoms with van der Waals surface area (Å²) in [6.07, 6.45) is 0.127. The Bertz CT molecular complexity index is 1080. The lowest BCUT2D eigenvalue weighted by atomic mass is 10.1. The smallest absolute Gasteiger partial charge is 0.230 e. The van der Waals surface area contributed by atoms with E-state index in [0.717, 1.165) is 5.69 Å². The van der Waals surface area contributed by atoms with Gasteiger partial charge in [-0.25, -0.2) is 9.07 Å². The van der Waals surface area contributed by atoms with Gasteiger partial charge >= 0.3 is 0 Å². The summed E-state index contributed by atoms with van der Waals surface area (Å²) in [5, 5.41) is 7.24. The fourth-order valence-electron chi connectivity index (χ4n) is 3.49. The Morgan fingerprint density at radius 2 is 1.80 bits per heavy atom. The van der Waals surface area contributed by atoms with Gasteiger partial charge in [-0.1, -0.05) is 0 Å². The molecule has 0 saturated carbocycles. The van der Waals surface area contributed by atoms with Gasteiger partial charge in [0, 0.05) is 24.7 Å². The third kappa shape index (κ3) is 3.89. The molecule has 30 heavy (non-hydrogen) atoms. The number of ether oxygens (including phenoxy) is 1. The van der Waals surface area contributed by atoms with Gasteiger partial charge in [0.1, 0.15) is 17.4 Å². The summed E-state index contributed by atoms with van der Waals surface area (Å²) in [7, 11) is 1.58. The van der Waals surface area contributed by atoms with Crippen LogP contribution in [0.15, 0.2) is 54.6 Å². The van der Waals surface area contributed by atoms with E-state index >= 15 is 0 Å². The van der Waals surface area contributed by atoms with E-state index in [0.29, 0.717) is 29.5 Å². The Balaban J connectivity index is 1.49. The monoisotopic (exact) mass is 408 g/mol. The Hall–Kier alpha value is -3.68. The molecule has 2 aromatic carbocycles. The summed E-state index contributed by atoms with van der Waals surface area (Å²) in [4.78, 5) is 27.0. The topological polar surface area (TPSA) is 76.5 Å². The fraction of sp³-hybridized carbons (Fsp3) is 0.227. The van der Waals surface area contributed by atoms with Gasteiger partial charge in [0.15, 0.2) is 0 Å². The zero-order valence-corrected chi connectivity index (χ0v) is 16.6. The Labute approximate surface area is 173 Å². The second kappa shape index (κ2) is 7.98. The van der Waals surface area contributed by atoms with Gasteiger partial charge in [-0.15, -0.1) is 0 Å². The highest BCUT2D eigenvalue weighted by atomic mass is 19.1. The third-order valence-electron chi connectivity index (χ3n) is 5.03. The Morgan fingerprint density at radius 3 is 2.47 bits per heavy atom. The summed E-state index contributed by atoms with van der Waals surface area (Å²) in [6.45, 7) is 2.10. The fourth-order valence-corrected chi connectivity index (χ4v) is 3.49. The molecule has 2 heterocycles. The van der Waals surface area contributed by atoms with Crippen LogP contribution in [0.25, 0.3) is 5.69 Å². The second-order valence-electron chi connectivity index (χ2n) is 7.15. The van der Waals surface area contributed by atoms with Crippen molar-refractivity contribution >= 4 is 23.3 Å². The van der Waals surface area contributed by atoms with Gasteiger partial charge in [0.2, 0.25) is 11.8 Å². The first-order valence-electron chi connectivity index (χ1n) is 9.52. The number of amides is 2. The molecule has 3 aromatic rings. The number of nitrogens with zero attached hydrogens (tertiary/aromatic N) is 3. The second-order valence-corrected chi connectivity index (χ2v) is 7.15. The van der Waals surface area contributed by atoms with Crippen LogP contribution in [-0.2, 0) is 9.59 Å². The zero-order chi connectivity index (χ0) is 21.3. The van der Waals surface area contributed by atoms with Crippen LogP contribution < -0.4 is 15.0 Å². The number of carbonyl (C=O) groups excluding carboxylic acids is 2. The van der Waals surface area contributed by atoms with Crippen LogP contribution in [0.5, 0.6) is 5.75 Å². The first kappa shape index (κ1) is 19.6. The van der Waals surface area contributed by atoms with Gasteiger partial charge in [-0.05, 0) is 55.5 Å². The first-order valence-corrected chi connectivity index (χ1v) is 9.52. The molecule has 4 rings (SSSR count). The number of aryl methyl sites for hydroxylation is 1. The van der Waals surface area contributed by atoms with Crippen molar-refractivity contribution in [2.24, 2.45) is 5.92 Å². The molecule has 0 aliphatic carbocycles. The van der Waals surface area contributed by atoms with Crippen molar-refractivity contribution in [1.82, 2.24) is 9.78 Å². The molecule has 7 nitrogen and oxygen atoms in total. The average molecular weight is 408 g/mol. The van der Waals surface area contributed by atoms with E-state index in [1.807, 2.05) is 0 Å². The zero-order valence-electron chi connectivity index (χ0n) is 16.6. The molecule has 8 heteroatoms. The predicted octanol–water partition coefficient (Wildman–Crippen LogP) is 3.32. The van der Waals surface area contributed by atoms with Crippen molar-refractivity contribution in [3.8, 4) is 11.4 Å². The van der Waals surface area contributed by atoms with E-state index in [2.05, 4.69) is 10.4 Å². The van der Waals surface area contributed by atoms with Gasteiger partial charge in [-0.3, -0.25) is 9.59 Å². The van der Waals surface area contributed by atoms with Crippen LogP contribution in [-0.4, -0.2) is 35.2 Å². The van der Waals surface area contributed by atoms with E-state index in [4.69, 9.17) is 4.74 Å². The molecule has 1 aromatic heterocycles. The number of carbonyl (C=O) groups is 2. The van der Waals surface area contributed by atoms with Crippen LogP contribution in [0, 0.1) is 18.7 Å². The molecule has 154 valence electrons. The summed E-state index contributed by atoms with van der Waals surface area (Å²) in [5.74, 6) is -0.0393. The van der Waals surface area contributed by atoms with Crippen molar-refractivity contribution < 1.29 is 18.7 Å². The van der Waals surface area contributed by atoms with E-state index in [1.165, 1.54) is 12.1 Å². The number of hydrogen-bond acceptors (Lipinski definition) is 4. The van der Waals surface area contributed by atoms with Gasteiger partial charge in [0.05, 0.1) is 24.4 Å². The molecule has 1 fully saturated rings. The lowest BCUT2D eigenvalue weighted by molar-refractivity contribution is -0.122. The highest BCUT2D eigenvalue weighted by molar-refractivity contribution is 6.03. The molecular weight excluding hydrogens is 387 g/mol. The average Bonchev–Trinajstić information content (AvgIpc) is 3.31. The molecule has 0 radical (unpaired) electrons. The van der Waals surface area contributed by atoms with E-state index in [-0.39, 0.29) is 24.1 Å². The summed E-state index contributed by atoms with van der Waals surface area (Å²) in [5.41, 5.74) is 2.06. The van der Waals surface area contributed by atoms with Crippen LogP contribution in [0.1, 0.15) is 12.1 Å². The van der Waals surface area contributed by atoms with E-state index in [9.17, 15) is 14.0 Å². The number of methoxy groups -OCH3 is 1. The molecule has 1 aliphatic rings. The number of hydrogen-bond donors (Lipinski definition) is 1. The number of nitrogens with one attached hydrogen (secondary N) is 1. The van der Waals surface area contributed by atoms with Crippen molar-refractivity contribution in [1.29, 1.82) is 0 Å². The lowest BCUT2D eigenvalue weighted by Gasteiger charge is -2.17. The normalized spacial score (nSPS) is 16.0. The van der Waals surface area contributed by atoms with Crippen molar-refractivity contribution in [2.45, 2.75) is 13.3 Å². The SMILES string of the molecule is COc1ccc(N2CC(C(=O)Nc3cc(C)nn3-c3ccc(F)cc3)CC2=O)cc1. The highest BCUT2D eigenvalue weighted by Crippen LogP contribution is 2.28. The number of anilines is 2. The van der Waals surface area contributed by atoms with E-state index < -0.39 is 5.92 Å². The molecule has 2 amide bonds. The van der Waals surface area contributed by atoms with Crippen molar-refractivity contribution in [3.05, 3.63) is 66.1 Å². The molecule has 1 atom stereocenters. The Morgan fingerprint density at radius 1 is 1.13 bits per heavy atom. The van der Waals surface area contributed by atoms with Crippen LogP contribution >= 0.6 is 0 Å². The van der Waals surface area contributed by atoms with E-state index in [1.54, 1.807) is 66.1 Å². The number of aromatic nitrogens is 2. The first-order chi connectivity index (χ1) is 14.4. The number of benzene rings is 2. The summed E-state index contributed by atoms with van der Waals surface area (Å²) in [6, 6.07) is 14.7. The lowest BCUT2D eigenvalue weighted by Crippen LogP contribution is -2.28. The standard InChI is InChI=1S/C22H21FN4O3/c1-14-11-20(27(25-14)18-5-3-16(23)4-6-18)24-22(29)15-12-21(28)26(13-15)17-7-9-19(30-2)10-8-17/h3-11,15H,12-13H2,1-2H3,(H,24,29). The van der Waals surface area contributed by atoms with Crippen molar-refractivity contribution in [2.75, 3.05) is 23.9 Å². The number of rotatable bonds is 5. The quantitative estimate of drug-likeness (QED) is 0.703. The van der Waals surface area contributed by atoms with Crippen LogP contribution in [0.4, 0.5) is 15.9 Å². The molecule has 1 N–H and O–H groups in total. The minimum absolute atomic E-state index is 0.108. The molecular formula is C22H21FN4O3. The molecule has 1 aliphatic heterocycles. The van der Waals surface area contributed by atoms with Crippen molar-refractivity contribution in [3.63, 3.8) is 0 Å². The third-order valence-corrected chi connectivity index (χ3v) is 5.03. The minimum Gasteiger partial charge on any atom is -0.497 e. The molecule has 0 bridgehead atoms. The summed E-state index contributed by atoms with van der Waals surface area (Å²) >= 11 is 0. The molecule has 0 spiro atoms. The maximum absolute atomic E-state index is 13.2. The van der Waals surface area contributed by atoms with Gasteiger partial charge in [-0.2, -0.15) is 5.10 Å². The Kier molecular flexibility index (Phi) is 5.22. The van der Waals surface area contributed by atoms with Crippen LogP contribution in [0.3, 0.4) is 0 Å². The summed E-state index contributed by atoms with van der Waals surface area (Å²) < 4.78 is 19.9. The van der Waals surface area contributed by atoms with Gasteiger partial charge in [0.25, 0.3) is 0 Å². The number of halogens is 1. The predicted molar refractivity (Wildman–Crippen MR) is 110 cm³/mol. The minimum atomic E-state index is -0.489. The van der Waals surface area contributed by atoms with Crippen LogP contribution in [0.2, 0.25) is 0 Å². The maximum atomic E-state index is 13.2. The maximum Gasteiger partial charge on any atom is 0.230 e. The molecule has 1 saturated heterocycles. The largest absolute Gasteiger partial charge is 0.497 e. The molecule has 1 unspecified atom stereocenters. The van der Waals surface area contributed by atoms with Gasteiger partial charge < -0.3 is 15.0 Å².